The van der Waals surface area contributed by atoms with Gasteiger partial charge in [0.2, 0.25) is 5.91 Å². The Labute approximate surface area is 159 Å². The van der Waals surface area contributed by atoms with Gasteiger partial charge in [-0.05, 0) is 31.8 Å². The van der Waals surface area contributed by atoms with Crippen LogP contribution in [0.3, 0.4) is 0 Å². The summed E-state index contributed by atoms with van der Waals surface area (Å²) in [5.41, 5.74) is 2.23. The maximum atomic E-state index is 12.7. The quantitative estimate of drug-likeness (QED) is 0.800. The van der Waals surface area contributed by atoms with Gasteiger partial charge in [0, 0.05) is 38.6 Å². The SMILES string of the molecule is C=CC(=O)N1CCC(Nc2cnc3c(n2)C(C(=O)N(C)C2CC2)=CC3)CC1. The number of carbonyl (C=O) groups is 2. The molecule has 0 atom stereocenters. The van der Waals surface area contributed by atoms with Gasteiger partial charge in [0.1, 0.15) is 5.82 Å². The van der Waals surface area contributed by atoms with E-state index in [1.54, 1.807) is 6.20 Å². The minimum Gasteiger partial charge on any atom is -0.366 e. The summed E-state index contributed by atoms with van der Waals surface area (Å²) in [6.45, 7) is 4.95. The zero-order chi connectivity index (χ0) is 19.0. The van der Waals surface area contributed by atoms with E-state index < -0.39 is 0 Å². The maximum Gasteiger partial charge on any atom is 0.255 e. The second-order valence-electron chi connectivity index (χ2n) is 7.47. The fraction of sp³-hybridized carbons (Fsp3) is 0.500. The van der Waals surface area contributed by atoms with Crippen LogP contribution in [0.5, 0.6) is 0 Å². The monoisotopic (exact) mass is 367 g/mol. The Morgan fingerprint density at radius 2 is 2.04 bits per heavy atom. The van der Waals surface area contributed by atoms with Crippen molar-refractivity contribution in [2.75, 3.05) is 25.5 Å². The number of fused-ring (bicyclic) bond motifs is 1. The first-order valence-electron chi connectivity index (χ1n) is 9.58. The highest BCUT2D eigenvalue weighted by molar-refractivity contribution is 6.20. The Kier molecular flexibility index (Phi) is 4.68. The standard InChI is InChI=1S/C20H25N5O2/c1-3-18(26)25-10-8-13(9-11-25)22-17-12-21-16-7-6-15(19(16)23-17)20(27)24(2)14-4-5-14/h3,6,12-14H,1,4-5,7-11H2,2H3,(H,22,23). The van der Waals surface area contributed by atoms with Crippen LogP contribution in [-0.4, -0.2) is 63.8 Å². The summed E-state index contributed by atoms with van der Waals surface area (Å²) in [6.07, 6.45) is 9.58. The molecule has 1 saturated carbocycles. The van der Waals surface area contributed by atoms with Crippen LogP contribution in [0.25, 0.3) is 5.57 Å². The van der Waals surface area contributed by atoms with Gasteiger partial charge in [-0.1, -0.05) is 12.7 Å². The van der Waals surface area contributed by atoms with Crippen molar-refractivity contribution in [2.45, 2.75) is 44.2 Å². The topological polar surface area (TPSA) is 78.4 Å². The summed E-state index contributed by atoms with van der Waals surface area (Å²) in [5.74, 6) is 0.717. The molecule has 7 nitrogen and oxygen atoms in total. The second kappa shape index (κ2) is 7.13. The third-order valence-electron chi connectivity index (χ3n) is 5.58. The van der Waals surface area contributed by atoms with Crippen molar-refractivity contribution < 1.29 is 9.59 Å². The zero-order valence-corrected chi connectivity index (χ0v) is 15.6. The van der Waals surface area contributed by atoms with E-state index in [4.69, 9.17) is 4.98 Å². The molecule has 27 heavy (non-hydrogen) atoms. The van der Waals surface area contributed by atoms with Crippen molar-refractivity contribution in [1.29, 1.82) is 0 Å². The van der Waals surface area contributed by atoms with E-state index in [1.165, 1.54) is 6.08 Å². The molecule has 1 saturated heterocycles. The molecule has 0 aromatic carbocycles. The van der Waals surface area contributed by atoms with E-state index in [-0.39, 0.29) is 17.9 Å². The second-order valence-corrected chi connectivity index (χ2v) is 7.47. The molecular formula is C20H25N5O2. The first kappa shape index (κ1) is 17.7. The zero-order valence-electron chi connectivity index (χ0n) is 15.6. The fourth-order valence-electron chi connectivity index (χ4n) is 3.73. The average molecular weight is 367 g/mol. The Balaban J connectivity index is 1.42. The molecular weight excluding hydrogens is 342 g/mol. The highest BCUT2D eigenvalue weighted by atomic mass is 16.2. The highest BCUT2D eigenvalue weighted by Gasteiger charge is 2.34. The van der Waals surface area contributed by atoms with Gasteiger partial charge in [0.15, 0.2) is 0 Å². The Bertz CT molecular complexity index is 807. The van der Waals surface area contributed by atoms with Crippen molar-refractivity contribution in [2.24, 2.45) is 0 Å². The summed E-state index contributed by atoms with van der Waals surface area (Å²) in [6, 6.07) is 0.616. The summed E-state index contributed by atoms with van der Waals surface area (Å²) in [5, 5.41) is 3.42. The van der Waals surface area contributed by atoms with E-state index in [9.17, 15) is 9.59 Å². The number of aromatic nitrogens is 2. The summed E-state index contributed by atoms with van der Waals surface area (Å²) in [7, 11) is 1.87. The van der Waals surface area contributed by atoms with Crippen LogP contribution in [-0.2, 0) is 16.0 Å². The number of hydrogen-bond acceptors (Lipinski definition) is 5. The predicted molar refractivity (Wildman–Crippen MR) is 103 cm³/mol. The lowest BCUT2D eigenvalue weighted by Crippen LogP contribution is -2.41. The molecule has 0 spiro atoms. The number of piperidine rings is 1. The summed E-state index contributed by atoms with van der Waals surface area (Å²) >= 11 is 0. The molecule has 1 aliphatic heterocycles. The minimum absolute atomic E-state index is 0.0150. The van der Waals surface area contributed by atoms with E-state index in [0.29, 0.717) is 42.6 Å². The van der Waals surface area contributed by atoms with Crippen LogP contribution in [0.15, 0.2) is 24.9 Å². The van der Waals surface area contributed by atoms with Gasteiger partial charge in [-0.3, -0.25) is 14.6 Å². The molecule has 3 aliphatic rings. The molecule has 2 heterocycles. The first-order valence-corrected chi connectivity index (χ1v) is 9.58. The fourth-order valence-corrected chi connectivity index (χ4v) is 3.73. The number of likely N-dealkylation sites (tertiary alicyclic amines) is 1. The summed E-state index contributed by atoms with van der Waals surface area (Å²) in [4.78, 5) is 37.3. The van der Waals surface area contributed by atoms with E-state index in [0.717, 1.165) is 31.4 Å². The smallest absolute Gasteiger partial charge is 0.255 e. The number of likely N-dealkylation sites (N-methyl/N-ethyl adjacent to an activating group) is 1. The lowest BCUT2D eigenvalue weighted by Gasteiger charge is -2.32. The van der Waals surface area contributed by atoms with Gasteiger partial charge in [0.25, 0.3) is 5.91 Å². The molecule has 1 aromatic heterocycles. The molecule has 7 heteroatoms. The number of anilines is 1. The predicted octanol–water partition coefficient (Wildman–Crippen LogP) is 1.63. The van der Waals surface area contributed by atoms with E-state index in [1.807, 2.05) is 22.9 Å². The molecule has 0 radical (unpaired) electrons. The number of rotatable bonds is 5. The number of nitrogens with one attached hydrogen (secondary N) is 1. The van der Waals surface area contributed by atoms with Gasteiger partial charge in [-0.2, -0.15) is 0 Å². The molecule has 1 aromatic rings. The maximum absolute atomic E-state index is 12.7. The van der Waals surface area contributed by atoms with Gasteiger partial charge in [-0.25, -0.2) is 4.98 Å². The molecule has 142 valence electrons. The summed E-state index contributed by atoms with van der Waals surface area (Å²) < 4.78 is 0. The molecule has 2 amide bonds. The highest BCUT2D eigenvalue weighted by Crippen LogP contribution is 2.32. The van der Waals surface area contributed by atoms with Crippen molar-refractivity contribution in [3.05, 3.63) is 36.3 Å². The number of amides is 2. The molecule has 0 bridgehead atoms. The Morgan fingerprint density at radius 1 is 1.30 bits per heavy atom. The lowest BCUT2D eigenvalue weighted by atomic mass is 10.1. The van der Waals surface area contributed by atoms with Crippen molar-refractivity contribution in [1.82, 2.24) is 19.8 Å². The van der Waals surface area contributed by atoms with Gasteiger partial charge in [-0.15, -0.1) is 0 Å². The van der Waals surface area contributed by atoms with Crippen LogP contribution in [0, 0.1) is 0 Å². The van der Waals surface area contributed by atoms with Gasteiger partial charge >= 0.3 is 0 Å². The Morgan fingerprint density at radius 3 is 2.70 bits per heavy atom. The van der Waals surface area contributed by atoms with Crippen molar-refractivity contribution >= 4 is 23.2 Å². The number of hydrogen-bond donors (Lipinski definition) is 1. The lowest BCUT2D eigenvalue weighted by molar-refractivity contribution is -0.127. The van der Waals surface area contributed by atoms with E-state index in [2.05, 4.69) is 16.9 Å². The molecule has 2 fully saturated rings. The van der Waals surface area contributed by atoms with Crippen LogP contribution in [0.4, 0.5) is 5.82 Å². The van der Waals surface area contributed by atoms with Crippen LogP contribution >= 0.6 is 0 Å². The minimum atomic E-state index is -0.0150. The van der Waals surface area contributed by atoms with E-state index >= 15 is 0 Å². The first-order chi connectivity index (χ1) is 13.1. The van der Waals surface area contributed by atoms with Crippen LogP contribution in [0.1, 0.15) is 37.1 Å². The number of carbonyl (C=O) groups excluding carboxylic acids is 2. The average Bonchev–Trinajstić information content (AvgIpc) is 3.46. The number of nitrogens with zero attached hydrogens (tertiary/aromatic N) is 4. The van der Waals surface area contributed by atoms with Crippen LogP contribution < -0.4 is 5.32 Å². The van der Waals surface area contributed by atoms with Crippen LogP contribution in [0.2, 0.25) is 0 Å². The van der Waals surface area contributed by atoms with Crippen molar-refractivity contribution in [3.63, 3.8) is 0 Å². The largest absolute Gasteiger partial charge is 0.366 e. The molecule has 0 unspecified atom stereocenters. The third kappa shape index (κ3) is 3.59. The Hall–Kier alpha value is -2.70. The van der Waals surface area contributed by atoms with Gasteiger partial charge in [0.05, 0.1) is 23.2 Å². The van der Waals surface area contributed by atoms with Crippen molar-refractivity contribution in [3.8, 4) is 0 Å². The normalized spacial score (nSPS) is 19.3. The molecule has 4 rings (SSSR count). The number of allylic oxidation sites excluding steroid dienone is 1. The molecule has 2 aliphatic carbocycles. The van der Waals surface area contributed by atoms with Gasteiger partial charge < -0.3 is 15.1 Å². The molecule has 1 N–H and O–H groups in total. The third-order valence-corrected chi connectivity index (χ3v) is 5.58.